The molecule has 0 aliphatic carbocycles. The molecule has 0 aromatic carbocycles. The van der Waals surface area contributed by atoms with Crippen LogP contribution in [-0.2, 0) is 16.6 Å². The summed E-state index contributed by atoms with van der Waals surface area (Å²) in [4.78, 5) is 39.0. The molecule has 1 aromatic rings. The number of carboxylic acids is 1. The molecular weight excluding hydrogens is 298 g/mol. The smallest absolute Gasteiger partial charge is 0.308 e. The van der Waals surface area contributed by atoms with Crippen molar-refractivity contribution in [3.63, 3.8) is 0 Å². The fourth-order valence-electron chi connectivity index (χ4n) is 3.48. The largest absolute Gasteiger partial charge is 0.481 e. The Morgan fingerprint density at radius 1 is 1.26 bits per heavy atom. The quantitative estimate of drug-likeness (QED) is 0.882. The molecule has 0 spiro atoms. The molecule has 2 fully saturated rings. The van der Waals surface area contributed by atoms with Gasteiger partial charge in [0, 0.05) is 45.3 Å². The van der Waals surface area contributed by atoms with Gasteiger partial charge in [-0.05, 0) is 25.0 Å². The zero-order chi connectivity index (χ0) is 16.6. The predicted molar refractivity (Wildman–Crippen MR) is 81.8 cm³/mol. The maximum Gasteiger partial charge on any atom is 0.308 e. The van der Waals surface area contributed by atoms with Crippen LogP contribution in [0.25, 0.3) is 0 Å². The van der Waals surface area contributed by atoms with Gasteiger partial charge in [-0.25, -0.2) is 0 Å². The predicted octanol–water partition coefficient (Wildman–Crippen LogP) is 0.563. The molecule has 2 amide bonds. The van der Waals surface area contributed by atoms with Crippen molar-refractivity contribution >= 4 is 17.8 Å². The van der Waals surface area contributed by atoms with E-state index in [0.29, 0.717) is 38.2 Å². The number of aryl methyl sites for hydroxylation is 1. The average molecular weight is 319 g/mol. The van der Waals surface area contributed by atoms with Crippen LogP contribution in [0, 0.1) is 5.92 Å². The summed E-state index contributed by atoms with van der Waals surface area (Å²) in [6.45, 7) is 1.48. The second-order valence-electron chi connectivity index (χ2n) is 6.31. The van der Waals surface area contributed by atoms with Crippen LogP contribution >= 0.6 is 0 Å². The summed E-state index contributed by atoms with van der Waals surface area (Å²) in [6.07, 6.45) is 3.34. The highest BCUT2D eigenvalue weighted by molar-refractivity contribution is 5.93. The molecule has 0 saturated carbocycles. The topological polar surface area (TPSA) is 82.8 Å². The highest BCUT2D eigenvalue weighted by Crippen LogP contribution is 2.26. The molecule has 3 heterocycles. The number of carbonyl (C=O) groups excluding carboxylic acids is 2. The van der Waals surface area contributed by atoms with Crippen LogP contribution in [0.2, 0.25) is 0 Å². The molecule has 124 valence electrons. The van der Waals surface area contributed by atoms with Crippen LogP contribution in [0.5, 0.6) is 0 Å². The number of aliphatic carboxylic acids is 1. The second kappa shape index (κ2) is 6.06. The third kappa shape index (κ3) is 2.95. The maximum absolute atomic E-state index is 12.5. The van der Waals surface area contributed by atoms with Gasteiger partial charge in [0.25, 0.3) is 5.91 Å². The van der Waals surface area contributed by atoms with Gasteiger partial charge in [0.05, 0.1) is 5.92 Å². The normalized spacial score (nSPS) is 22.7. The van der Waals surface area contributed by atoms with Gasteiger partial charge in [-0.2, -0.15) is 0 Å². The van der Waals surface area contributed by atoms with E-state index < -0.39 is 11.9 Å². The van der Waals surface area contributed by atoms with Gasteiger partial charge in [0.1, 0.15) is 5.69 Å². The zero-order valence-electron chi connectivity index (χ0n) is 13.1. The van der Waals surface area contributed by atoms with Gasteiger partial charge in [-0.15, -0.1) is 0 Å². The first kappa shape index (κ1) is 15.6. The van der Waals surface area contributed by atoms with Crippen molar-refractivity contribution in [2.75, 3.05) is 19.6 Å². The van der Waals surface area contributed by atoms with E-state index in [1.54, 1.807) is 20.4 Å². The Balaban J connectivity index is 1.59. The molecule has 0 radical (unpaired) electrons. The van der Waals surface area contributed by atoms with E-state index in [4.69, 9.17) is 5.11 Å². The van der Waals surface area contributed by atoms with Crippen molar-refractivity contribution in [2.45, 2.75) is 25.3 Å². The van der Waals surface area contributed by atoms with E-state index in [1.807, 2.05) is 19.3 Å². The van der Waals surface area contributed by atoms with E-state index in [2.05, 4.69) is 0 Å². The molecule has 2 aliphatic heterocycles. The lowest BCUT2D eigenvalue weighted by molar-refractivity contribution is -0.141. The first-order valence-corrected chi connectivity index (χ1v) is 7.90. The maximum atomic E-state index is 12.5. The minimum atomic E-state index is -0.905. The van der Waals surface area contributed by atoms with E-state index in [9.17, 15) is 14.4 Å². The summed E-state index contributed by atoms with van der Waals surface area (Å²) in [5.74, 6) is -1.57. The standard InChI is InChI=1S/C16H21N3O4/c1-17-6-2-3-13(17)15(21)18-7-4-12(5-8-18)19-10-11(16(22)23)9-14(19)20/h2-3,6,11-12H,4-5,7-10H2,1H3,(H,22,23). The number of hydrogen-bond acceptors (Lipinski definition) is 3. The third-order valence-corrected chi connectivity index (χ3v) is 4.86. The van der Waals surface area contributed by atoms with Gasteiger partial charge >= 0.3 is 5.97 Å². The number of aromatic nitrogens is 1. The molecule has 1 atom stereocenters. The zero-order valence-corrected chi connectivity index (χ0v) is 13.1. The number of amides is 2. The Bertz CT molecular complexity index is 631. The van der Waals surface area contributed by atoms with Crippen molar-refractivity contribution in [1.82, 2.24) is 14.4 Å². The van der Waals surface area contributed by atoms with E-state index in [-0.39, 0.29) is 24.3 Å². The van der Waals surface area contributed by atoms with Crippen LogP contribution in [-0.4, -0.2) is 62.9 Å². The SMILES string of the molecule is Cn1cccc1C(=O)N1CCC(N2CC(C(=O)O)CC2=O)CC1. The molecular formula is C16H21N3O4. The first-order chi connectivity index (χ1) is 11.0. The Morgan fingerprint density at radius 2 is 1.96 bits per heavy atom. The van der Waals surface area contributed by atoms with Crippen molar-refractivity contribution < 1.29 is 19.5 Å². The Morgan fingerprint density at radius 3 is 2.48 bits per heavy atom. The van der Waals surface area contributed by atoms with Crippen molar-refractivity contribution in [2.24, 2.45) is 13.0 Å². The fraction of sp³-hybridized carbons (Fsp3) is 0.562. The summed E-state index contributed by atoms with van der Waals surface area (Å²) < 4.78 is 1.80. The minimum absolute atomic E-state index is 0.00658. The number of likely N-dealkylation sites (tertiary alicyclic amines) is 2. The van der Waals surface area contributed by atoms with Crippen LogP contribution < -0.4 is 0 Å². The van der Waals surface area contributed by atoms with Crippen LogP contribution in [0.3, 0.4) is 0 Å². The lowest BCUT2D eigenvalue weighted by Crippen LogP contribution is -2.47. The molecule has 7 heteroatoms. The molecule has 1 N–H and O–H groups in total. The number of carbonyl (C=O) groups is 3. The Labute approximate surface area is 134 Å². The van der Waals surface area contributed by atoms with Crippen molar-refractivity contribution in [3.8, 4) is 0 Å². The van der Waals surface area contributed by atoms with E-state index in [1.165, 1.54) is 0 Å². The van der Waals surface area contributed by atoms with Crippen molar-refractivity contribution in [3.05, 3.63) is 24.0 Å². The molecule has 23 heavy (non-hydrogen) atoms. The second-order valence-corrected chi connectivity index (χ2v) is 6.31. The van der Waals surface area contributed by atoms with Gasteiger partial charge < -0.3 is 19.5 Å². The van der Waals surface area contributed by atoms with Gasteiger partial charge in [0.15, 0.2) is 0 Å². The summed E-state index contributed by atoms with van der Waals surface area (Å²) in [7, 11) is 1.84. The number of rotatable bonds is 3. The highest BCUT2D eigenvalue weighted by atomic mass is 16.4. The molecule has 1 unspecified atom stereocenters. The molecule has 2 saturated heterocycles. The summed E-state index contributed by atoms with van der Waals surface area (Å²) in [5.41, 5.74) is 0.659. The first-order valence-electron chi connectivity index (χ1n) is 7.90. The molecule has 3 rings (SSSR count). The van der Waals surface area contributed by atoms with Gasteiger partial charge in [-0.1, -0.05) is 0 Å². The number of carboxylic acid groups (broad SMARTS) is 1. The molecule has 2 aliphatic rings. The third-order valence-electron chi connectivity index (χ3n) is 4.86. The Kier molecular flexibility index (Phi) is 4.11. The summed E-state index contributed by atoms with van der Waals surface area (Å²) in [6, 6.07) is 3.69. The highest BCUT2D eigenvalue weighted by Gasteiger charge is 2.39. The fourth-order valence-corrected chi connectivity index (χ4v) is 3.48. The van der Waals surface area contributed by atoms with Gasteiger partial charge in [0.2, 0.25) is 5.91 Å². The molecule has 7 nitrogen and oxygen atoms in total. The van der Waals surface area contributed by atoms with Crippen LogP contribution in [0.15, 0.2) is 18.3 Å². The lowest BCUT2D eigenvalue weighted by Gasteiger charge is -2.36. The van der Waals surface area contributed by atoms with Crippen LogP contribution in [0.4, 0.5) is 0 Å². The van der Waals surface area contributed by atoms with Gasteiger partial charge in [-0.3, -0.25) is 14.4 Å². The van der Waals surface area contributed by atoms with E-state index in [0.717, 1.165) is 0 Å². The van der Waals surface area contributed by atoms with E-state index >= 15 is 0 Å². The number of piperidine rings is 1. The number of hydrogen-bond donors (Lipinski definition) is 1. The van der Waals surface area contributed by atoms with Crippen molar-refractivity contribution in [1.29, 1.82) is 0 Å². The average Bonchev–Trinajstić information content (AvgIpc) is 3.13. The molecule has 0 bridgehead atoms. The summed E-state index contributed by atoms with van der Waals surface area (Å²) >= 11 is 0. The monoisotopic (exact) mass is 319 g/mol. The Hall–Kier alpha value is -2.31. The molecule has 1 aromatic heterocycles. The van der Waals surface area contributed by atoms with Crippen LogP contribution in [0.1, 0.15) is 29.8 Å². The summed E-state index contributed by atoms with van der Waals surface area (Å²) in [5, 5.41) is 9.06. The number of nitrogens with zero attached hydrogens (tertiary/aromatic N) is 3. The minimum Gasteiger partial charge on any atom is -0.481 e. The lowest BCUT2D eigenvalue weighted by atomic mass is 10.0.